The van der Waals surface area contributed by atoms with Crippen molar-refractivity contribution < 1.29 is 12.8 Å². The second-order valence-corrected chi connectivity index (χ2v) is 6.31. The van der Waals surface area contributed by atoms with Crippen LogP contribution in [0, 0.1) is 5.82 Å². The van der Waals surface area contributed by atoms with Crippen LogP contribution in [0.25, 0.3) is 0 Å². The minimum absolute atomic E-state index is 0.00790. The van der Waals surface area contributed by atoms with E-state index >= 15 is 0 Å². The largest absolute Gasteiger partial charge is 0.388 e. The van der Waals surface area contributed by atoms with Gasteiger partial charge in [0.15, 0.2) is 0 Å². The van der Waals surface area contributed by atoms with Crippen molar-refractivity contribution in [3.63, 3.8) is 0 Å². The van der Waals surface area contributed by atoms with E-state index in [4.69, 9.17) is 18.0 Å². The topological polar surface area (TPSA) is 85.1 Å². The molecule has 0 atom stereocenters. The molecule has 0 saturated heterocycles. The van der Waals surface area contributed by atoms with Gasteiger partial charge in [0, 0.05) is 18.3 Å². The van der Waals surface area contributed by atoms with E-state index in [-0.39, 0.29) is 27.7 Å². The number of thiocarbonyl (C=S) groups is 1. The Morgan fingerprint density at radius 1 is 1.29 bits per heavy atom. The molecule has 0 fully saturated rings. The number of nitrogens with zero attached hydrogens (tertiary/aromatic N) is 1. The molecule has 1 heterocycles. The molecule has 0 unspecified atom stereocenters. The lowest BCUT2D eigenvalue weighted by Gasteiger charge is -2.10. The molecule has 2 aromatic rings. The lowest BCUT2D eigenvalue weighted by Crippen LogP contribution is -2.27. The fraction of sp³-hybridized carbons (Fsp3) is 0.0769. The number of nitrogens with two attached hydrogens (primary N) is 1. The summed E-state index contributed by atoms with van der Waals surface area (Å²) in [5.41, 5.74) is 5.71. The van der Waals surface area contributed by atoms with Crippen LogP contribution in [0.2, 0.25) is 0 Å². The number of pyridine rings is 1. The first-order valence-corrected chi connectivity index (χ1v) is 7.79. The highest BCUT2D eigenvalue weighted by Crippen LogP contribution is 2.14. The molecule has 0 aliphatic rings. The van der Waals surface area contributed by atoms with Gasteiger partial charge in [0.1, 0.15) is 21.4 Å². The summed E-state index contributed by atoms with van der Waals surface area (Å²) < 4.78 is 40.3. The molecule has 1 aromatic carbocycles. The molecular formula is C13H12FN3O2S2. The highest BCUT2D eigenvalue weighted by atomic mass is 32.2. The van der Waals surface area contributed by atoms with E-state index in [9.17, 15) is 12.8 Å². The molecule has 5 nitrogen and oxygen atoms in total. The van der Waals surface area contributed by atoms with Crippen molar-refractivity contribution in [1.29, 1.82) is 0 Å². The van der Waals surface area contributed by atoms with Gasteiger partial charge in [0.25, 0.3) is 0 Å². The van der Waals surface area contributed by atoms with Gasteiger partial charge in [0.2, 0.25) is 10.0 Å². The average Bonchev–Trinajstić information content (AvgIpc) is 2.46. The van der Waals surface area contributed by atoms with Gasteiger partial charge in [-0.1, -0.05) is 30.4 Å². The summed E-state index contributed by atoms with van der Waals surface area (Å²) in [4.78, 5) is 3.60. The molecule has 0 spiro atoms. The van der Waals surface area contributed by atoms with Gasteiger partial charge in [-0.05, 0) is 18.2 Å². The van der Waals surface area contributed by atoms with Crippen molar-refractivity contribution in [2.75, 3.05) is 0 Å². The maximum Gasteiger partial charge on any atom is 0.243 e. The molecule has 110 valence electrons. The number of halogens is 1. The van der Waals surface area contributed by atoms with Crippen LogP contribution in [0.3, 0.4) is 0 Å². The third-order valence-corrected chi connectivity index (χ3v) is 4.33. The molecule has 0 saturated carbocycles. The van der Waals surface area contributed by atoms with E-state index in [1.165, 1.54) is 36.5 Å². The van der Waals surface area contributed by atoms with Crippen LogP contribution in [0.4, 0.5) is 4.39 Å². The monoisotopic (exact) mass is 325 g/mol. The second kappa shape index (κ2) is 6.25. The second-order valence-electron chi connectivity index (χ2n) is 4.13. The average molecular weight is 325 g/mol. The summed E-state index contributed by atoms with van der Waals surface area (Å²) in [7, 11) is -3.90. The highest BCUT2D eigenvalue weighted by Gasteiger charge is 2.20. The number of aromatic nitrogens is 1. The van der Waals surface area contributed by atoms with Crippen molar-refractivity contribution in [3.8, 4) is 0 Å². The lowest BCUT2D eigenvalue weighted by atomic mass is 10.2. The number of nitrogens with one attached hydrogen (secondary N) is 1. The van der Waals surface area contributed by atoms with Gasteiger partial charge < -0.3 is 5.73 Å². The SMILES string of the molecule is NC(=S)c1ncccc1S(=O)(=O)NCc1ccccc1F. The van der Waals surface area contributed by atoms with Crippen molar-refractivity contribution in [3.05, 3.63) is 59.7 Å². The van der Waals surface area contributed by atoms with E-state index in [0.717, 1.165) is 0 Å². The molecule has 0 bridgehead atoms. The Bertz CT molecular complexity index is 778. The first-order valence-electron chi connectivity index (χ1n) is 5.89. The van der Waals surface area contributed by atoms with E-state index in [2.05, 4.69) is 9.71 Å². The van der Waals surface area contributed by atoms with Crippen LogP contribution in [-0.4, -0.2) is 18.4 Å². The maximum absolute atomic E-state index is 13.5. The summed E-state index contributed by atoms with van der Waals surface area (Å²) in [5.74, 6) is -0.485. The molecule has 3 N–H and O–H groups in total. The van der Waals surface area contributed by atoms with Gasteiger partial charge in [-0.25, -0.2) is 17.5 Å². The van der Waals surface area contributed by atoms with Crippen LogP contribution in [0.15, 0.2) is 47.5 Å². The minimum Gasteiger partial charge on any atom is -0.388 e. The van der Waals surface area contributed by atoms with Crippen LogP contribution in [0.5, 0.6) is 0 Å². The Balaban J connectivity index is 2.28. The molecular weight excluding hydrogens is 313 g/mol. The Morgan fingerprint density at radius 3 is 2.67 bits per heavy atom. The fourth-order valence-corrected chi connectivity index (χ4v) is 3.09. The molecule has 0 aliphatic carbocycles. The molecule has 0 aliphatic heterocycles. The van der Waals surface area contributed by atoms with Crippen molar-refractivity contribution in [1.82, 2.24) is 9.71 Å². The maximum atomic E-state index is 13.5. The van der Waals surface area contributed by atoms with Crippen molar-refractivity contribution in [2.45, 2.75) is 11.4 Å². The smallest absolute Gasteiger partial charge is 0.243 e. The molecule has 0 amide bonds. The zero-order valence-electron chi connectivity index (χ0n) is 10.8. The zero-order chi connectivity index (χ0) is 15.5. The number of sulfonamides is 1. The Kier molecular flexibility index (Phi) is 4.61. The van der Waals surface area contributed by atoms with Crippen molar-refractivity contribution in [2.24, 2.45) is 5.73 Å². The van der Waals surface area contributed by atoms with E-state index in [1.54, 1.807) is 6.07 Å². The summed E-state index contributed by atoms with van der Waals surface area (Å²) in [6.07, 6.45) is 1.39. The minimum atomic E-state index is -3.90. The van der Waals surface area contributed by atoms with Gasteiger partial charge in [0.05, 0.1) is 0 Å². The van der Waals surface area contributed by atoms with Gasteiger partial charge in [-0.3, -0.25) is 4.98 Å². The van der Waals surface area contributed by atoms with Gasteiger partial charge >= 0.3 is 0 Å². The van der Waals surface area contributed by atoms with Crippen LogP contribution in [-0.2, 0) is 16.6 Å². The van der Waals surface area contributed by atoms with E-state index in [0.29, 0.717) is 0 Å². The molecule has 0 radical (unpaired) electrons. The third-order valence-electron chi connectivity index (χ3n) is 2.70. The normalized spacial score (nSPS) is 11.3. The van der Waals surface area contributed by atoms with Crippen LogP contribution in [0.1, 0.15) is 11.3 Å². The van der Waals surface area contributed by atoms with Crippen molar-refractivity contribution >= 4 is 27.2 Å². The first-order chi connectivity index (χ1) is 9.92. The molecule has 21 heavy (non-hydrogen) atoms. The fourth-order valence-electron chi connectivity index (χ4n) is 1.68. The standard InChI is InChI=1S/C13H12FN3O2S2/c14-10-5-2-1-4-9(10)8-17-21(18,19)11-6-3-7-16-12(11)13(15)20/h1-7,17H,8H2,(H2,15,20). The molecule has 8 heteroatoms. The number of rotatable bonds is 5. The van der Waals surface area contributed by atoms with Crippen LogP contribution < -0.4 is 10.5 Å². The third kappa shape index (κ3) is 3.60. The Labute approximate surface area is 127 Å². The number of benzene rings is 1. The van der Waals surface area contributed by atoms with E-state index < -0.39 is 15.8 Å². The summed E-state index contributed by atoms with van der Waals surface area (Å²) in [6.45, 7) is -0.180. The summed E-state index contributed by atoms with van der Waals surface area (Å²) in [6, 6.07) is 8.70. The summed E-state index contributed by atoms with van der Waals surface area (Å²) in [5, 5.41) is 0. The highest BCUT2D eigenvalue weighted by molar-refractivity contribution is 7.89. The number of hydrogen-bond donors (Lipinski definition) is 2. The Hall–Kier alpha value is -1.90. The van der Waals surface area contributed by atoms with Gasteiger partial charge in [-0.2, -0.15) is 0 Å². The van der Waals surface area contributed by atoms with Gasteiger partial charge in [-0.15, -0.1) is 0 Å². The lowest BCUT2D eigenvalue weighted by molar-refractivity contribution is 0.574. The molecule has 2 rings (SSSR count). The Morgan fingerprint density at radius 2 is 2.00 bits per heavy atom. The van der Waals surface area contributed by atoms with E-state index in [1.807, 2.05) is 0 Å². The van der Waals surface area contributed by atoms with Crippen LogP contribution >= 0.6 is 12.2 Å². The predicted molar refractivity (Wildman–Crippen MR) is 80.5 cm³/mol. The summed E-state index contributed by atoms with van der Waals surface area (Å²) >= 11 is 4.78. The first kappa shape index (κ1) is 15.5. The quantitative estimate of drug-likeness (QED) is 0.810. The predicted octanol–water partition coefficient (Wildman–Crippen LogP) is 1.33. The molecule has 1 aromatic heterocycles. The number of hydrogen-bond acceptors (Lipinski definition) is 4. The zero-order valence-corrected chi connectivity index (χ0v) is 12.4.